The molecule has 10 heteroatoms. The molecule has 0 radical (unpaired) electrons. The van der Waals surface area contributed by atoms with E-state index in [0.29, 0.717) is 0 Å². The second-order valence-corrected chi connectivity index (χ2v) is 4.29. The van der Waals surface area contributed by atoms with Gasteiger partial charge in [0.1, 0.15) is 24.6 Å². The Hall–Kier alpha value is -0.380. The van der Waals surface area contributed by atoms with Gasteiger partial charge >= 0.3 is 7.82 Å². The van der Waals surface area contributed by atoms with Crippen molar-refractivity contribution < 1.29 is 39.0 Å². The highest BCUT2D eigenvalue weighted by atomic mass is 31.2. The first-order valence-electron chi connectivity index (χ1n) is 4.14. The molecule has 7 N–H and O–H groups in total. The molecule has 96 valence electrons. The van der Waals surface area contributed by atoms with Crippen LogP contribution >= 0.6 is 7.82 Å². The lowest BCUT2D eigenvalue weighted by Gasteiger charge is -2.24. The third kappa shape index (κ3) is 5.64. The van der Waals surface area contributed by atoms with Crippen LogP contribution in [0.1, 0.15) is 0 Å². The maximum Gasteiger partial charge on any atom is 0.469 e. The number of nitrogens with two attached hydrogens (primary N) is 1. The van der Waals surface area contributed by atoms with Gasteiger partial charge in [0, 0.05) is 0 Å². The van der Waals surface area contributed by atoms with Gasteiger partial charge in [-0.1, -0.05) is 0 Å². The standard InChI is InChI=1S/C6H14NO8P/c7-3(1-8)5(10)6(11)4(9)2-15-16(12,13)14/h1,3-6,9-11H,2,7H2,(H2,12,13,14)/t3-,4+,5-,6+/m0/s1. The first kappa shape index (κ1) is 15.6. The molecule has 0 aromatic carbocycles. The summed E-state index contributed by atoms with van der Waals surface area (Å²) in [4.78, 5) is 26.7. The van der Waals surface area contributed by atoms with Crippen LogP contribution in [-0.4, -0.2) is 62.4 Å². The lowest BCUT2D eigenvalue weighted by molar-refractivity contribution is -0.118. The van der Waals surface area contributed by atoms with Gasteiger partial charge in [-0.15, -0.1) is 0 Å². The fraction of sp³-hybridized carbons (Fsp3) is 0.833. The van der Waals surface area contributed by atoms with Crippen LogP contribution in [-0.2, 0) is 13.9 Å². The SMILES string of the molecule is N[C@@H](C=O)[C@H](O)[C@H](O)[C@H](O)COP(=O)(O)O. The molecule has 0 fully saturated rings. The molecule has 0 saturated heterocycles. The normalized spacial score (nSPS) is 19.9. The van der Waals surface area contributed by atoms with Gasteiger partial charge in [0.05, 0.1) is 12.6 Å². The van der Waals surface area contributed by atoms with E-state index in [1.807, 2.05) is 0 Å². The van der Waals surface area contributed by atoms with Gasteiger partial charge in [-0.2, -0.15) is 0 Å². The van der Waals surface area contributed by atoms with Crippen LogP contribution in [0.5, 0.6) is 0 Å². The summed E-state index contributed by atoms with van der Waals surface area (Å²) >= 11 is 0. The summed E-state index contributed by atoms with van der Waals surface area (Å²) in [5, 5.41) is 27.5. The van der Waals surface area contributed by atoms with Gasteiger partial charge in [0.15, 0.2) is 0 Å². The van der Waals surface area contributed by atoms with Crippen molar-refractivity contribution in [3.63, 3.8) is 0 Å². The van der Waals surface area contributed by atoms with Crippen LogP contribution in [0.15, 0.2) is 0 Å². The van der Waals surface area contributed by atoms with E-state index in [4.69, 9.17) is 20.6 Å². The highest BCUT2D eigenvalue weighted by molar-refractivity contribution is 7.46. The third-order valence-electron chi connectivity index (χ3n) is 1.71. The van der Waals surface area contributed by atoms with Crippen molar-refractivity contribution >= 4 is 14.1 Å². The Kier molecular flexibility index (Phi) is 6.23. The highest BCUT2D eigenvalue weighted by Gasteiger charge is 2.30. The maximum absolute atomic E-state index is 10.3. The molecule has 4 atom stereocenters. The Balaban J connectivity index is 4.22. The Morgan fingerprint density at radius 3 is 2.12 bits per heavy atom. The Morgan fingerprint density at radius 1 is 1.25 bits per heavy atom. The molecule has 9 nitrogen and oxygen atoms in total. The predicted molar refractivity (Wildman–Crippen MR) is 50.1 cm³/mol. The zero-order valence-electron chi connectivity index (χ0n) is 8.08. The van der Waals surface area contributed by atoms with Gasteiger partial charge in [-0.3, -0.25) is 4.52 Å². The maximum atomic E-state index is 10.3. The molecule has 0 spiro atoms. The number of carbonyl (C=O) groups is 1. The van der Waals surface area contributed by atoms with Gasteiger partial charge in [-0.25, -0.2) is 4.57 Å². The van der Waals surface area contributed by atoms with Crippen LogP contribution in [0.25, 0.3) is 0 Å². The van der Waals surface area contributed by atoms with Crippen LogP contribution in [0.2, 0.25) is 0 Å². The smallest absolute Gasteiger partial charge is 0.388 e. The average Bonchev–Trinajstić information content (AvgIpc) is 2.21. The van der Waals surface area contributed by atoms with E-state index < -0.39 is 38.8 Å². The van der Waals surface area contributed by atoms with Crippen LogP contribution in [0.3, 0.4) is 0 Å². The zero-order chi connectivity index (χ0) is 12.9. The van der Waals surface area contributed by atoms with E-state index in [2.05, 4.69) is 4.52 Å². The lowest BCUT2D eigenvalue weighted by atomic mass is 10.0. The number of hydrogen-bond donors (Lipinski definition) is 6. The number of hydrogen-bond acceptors (Lipinski definition) is 7. The second-order valence-electron chi connectivity index (χ2n) is 3.05. The molecule has 0 bridgehead atoms. The quantitative estimate of drug-likeness (QED) is 0.202. The zero-order valence-corrected chi connectivity index (χ0v) is 8.97. The molecule has 0 aliphatic carbocycles. The first-order chi connectivity index (χ1) is 7.19. The molecular formula is C6H14NO8P. The van der Waals surface area contributed by atoms with Crippen molar-refractivity contribution in [1.29, 1.82) is 0 Å². The van der Waals surface area contributed by atoms with E-state index >= 15 is 0 Å². The third-order valence-corrected chi connectivity index (χ3v) is 2.19. The molecule has 0 aliphatic heterocycles. The van der Waals surface area contributed by atoms with Crippen molar-refractivity contribution in [1.82, 2.24) is 0 Å². The molecular weight excluding hydrogens is 245 g/mol. The van der Waals surface area contributed by atoms with Crippen molar-refractivity contribution in [3.05, 3.63) is 0 Å². The average molecular weight is 259 g/mol. The molecule has 0 amide bonds. The van der Waals surface area contributed by atoms with Crippen LogP contribution in [0, 0.1) is 0 Å². The van der Waals surface area contributed by atoms with Crippen molar-refractivity contribution in [2.75, 3.05) is 6.61 Å². The number of phosphoric ester groups is 1. The molecule has 16 heavy (non-hydrogen) atoms. The molecule has 0 saturated carbocycles. The number of rotatable bonds is 7. The number of aliphatic hydroxyl groups excluding tert-OH is 3. The summed E-state index contributed by atoms with van der Waals surface area (Å²) in [6.45, 7) is -0.909. The minimum absolute atomic E-state index is 0.157. The summed E-state index contributed by atoms with van der Waals surface area (Å²) in [6, 6.07) is -1.42. The minimum Gasteiger partial charge on any atom is -0.388 e. The molecule has 0 aromatic rings. The fourth-order valence-corrected chi connectivity index (χ4v) is 1.15. The van der Waals surface area contributed by atoms with Gasteiger partial charge in [0.25, 0.3) is 0 Å². The molecule has 0 aliphatic rings. The second kappa shape index (κ2) is 6.38. The number of aliphatic hydroxyl groups is 3. The molecule has 0 aromatic heterocycles. The minimum atomic E-state index is -4.77. The van der Waals surface area contributed by atoms with E-state index in [1.165, 1.54) is 0 Å². The number of aldehydes is 1. The Labute approximate surface area is 90.7 Å². The van der Waals surface area contributed by atoms with Crippen LogP contribution < -0.4 is 5.73 Å². The van der Waals surface area contributed by atoms with Crippen molar-refractivity contribution in [2.45, 2.75) is 24.4 Å². The van der Waals surface area contributed by atoms with E-state index in [1.54, 1.807) is 0 Å². The summed E-state index contributed by atoms with van der Waals surface area (Å²) in [6.07, 6.45) is -5.24. The predicted octanol–water partition coefficient (Wildman–Crippen LogP) is -3.30. The van der Waals surface area contributed by atoms with Gasteiger partial charge in [-0.05, 0) is 0 Å². The summed E-state index contributed by atoms with van der Waals surface area (Å²) in [7, 11) is -4.77. The Bertz CT molecular complexity index is 267. The fourth-order valence-electron chi connectivity index (χ4n) is 0.808. The highest BCUT2D eigenvalue weighted by Crippen LogP contribution is 2.35. The summed E-state index contributed by atoms with van der Waals surface area (Å²) in [5.41, 5.74) is 5.05. The van der Waals surface area contributed by atoms with Crippen molar-refractivity contribution in [2.24, 2.45) is 5.73 Å². The van der Waals surface area contributed by atoms with Crippen LogP contribution in [0.4, 0.5) is 0 Å². The number of carbonyl (C=O) groups excluding carboxylic acids is 1. The largest absolute Gasteiger partial charge is 0.469 e. The first-order valence-corrected chi connectivity index (χ1v) is 5.67. The summed E-state index contributed by atoms with van der Waals surface area (Å²) < 4.78 is 14.1. The van der Waals surface area contributed by atoms with E-state index in [-0.39, 0.29) is 6.29 Å². The number of phosphoric acid groups is 1. The van der Waals surface area contributed by atoms with Gasteiger partial charge in [0.2, 0.25) is 0 Å². The van der Waals surface area contributed by atoms with Gasteiger partial charge < -0.3 is 35.6 Å². The molecule has 0 unspecified atom stereocenters. The van der Waals surface area contributed by atoms with E-state index in [0.717, 1.165) is 0 Å². The monoisotopic (exact) mass is 259 g/mol. The molecule has 0 rings (SSSR count). The topological polar surface area (TPSA) is 171 Å². The lowest BCUT2D eigenvalue weighted by Crippen LogP contribution is -2.50. The van der Waals surface area contributed by atoms with Crippen molar-refractivity contribution in [3.8, 4) is 0 Å². The van der Waals surface area contributed by atoms with E-state index in [9.17, 15) is 19.6 Å². The molecule has 0 heterocycles. The summed E-state index contributed by atoms with van der Waals surface area (Å²) in [5.74, 6) is 0. The Morgan fingerprint density at radius 2 is 1.75 bits per heavy atom.